The molecule has 1 aromatic rings. The monoisotopic (exact) mass is 255 g/mol. The average Bonchev–Trinajstić information content (AvgIpc) is 2.63. The van der Waals surface area contributed by atoms with Gasteiger partial charge in [0.1, 0.15) is 0 Å². The summed E-state index contributed by atoms with van der Waals surface area (Å²) in [4.78, 5) is 16.5. The molecule has 17 heavy (non-hydrogen) atoms. The molecule has 0 aromatic carbocycles. The topological polar surface area (TPSA) is 40.5 Å². The van der Waals surface area contributed by atoms with Crippen LogP contribution in [0, 0.1) is 13.8 Å². The second kappa shape index (κ2) is 6.89. The summed E-state index contributed by atoms with van der Waals surface area (Å²) in [7, 11) is 0. The SMILES string of the molecule is CCN(CCCO)CC(=O)c1cc(C)sc1C. The zero-order valence-electron chi connectivity index (χ0n) is 10.8. The van der Waals surface area contributed by atoms with E-state index >= 15 is 0 Å². The number of hydrogen-bond donors (Lipinski definition) is 1. The summed E-state index contributed by atoms with van der Waals surface area (Å²) < 4.78 is 0. The molecule has 0 fully saturated rings. The van der Waals surface area contributed by atoms with Crippen molar-refractivity contribution in [3.63, 3.8) is 0 Å². The van der Waals surface area contributed by atoms with Crippen molar-refractivity contribution in [2.24, 2.45) is 0 Å². The van der Waals surface area contributed by atoms with Gasteiger partial charge >= 0.3 is 0 Å². The van der Waals surface area contributed by atoms with Crippen LogP contribution in [0.4, 0.5) is 0 Å². The molecule has 3 nitrogen and oxygen atoms in total. The standard InChI is InChI=1S/C13H21NO2S/c1-4-14(6-5-7-15)9-13(16)12-8-10(2)17-11(12)3/h8,15H,4-7,9H2,1-3H3. The first-order valence-corrected chi connectivity index (χ1v) is 6.83. The van der Waals surface area contributed by atoms with Gasteiger partial charge in [0.25, 0.3) is 0 Å². The van der Waals surface area contributed by atoms with Gasteiger partial charge in [-0.05, 0) is 32.9 Å². The zero-order chi connectivity index (χ0) is 12.8. The maximum Gasteiger partial charge on any atom is 0.177 e. The molecule has 0 radical (unpaired) electrons. The fourth-order valence-corrected chi connectivity index (χ4v) is 2.78. The van der Waals surface area contributed by atoms with E-state index in [0.717, 1.165) is 30.0 Å². The minimum atomic E-state index is 0.182. The van der Waals surface area contributed by atoms with E-state index in [-0.39, 0.29) is 12.4 Å². The predicted molar refractivity (Wildman–Crippen MR) is 71.9 cm³/mol. The first kappa shape index (κ1) is 14.4. The highest BCUT2D eigenvalue weighted by Gasteiger charge is 2.14. The van der Waals surface area contributed by atoms with Crippen molar-refractivity contribution in [3.05, 3.63) is 21.4 Å². The first-order valence-electron chi connectivity index (χ1n) is 6.02. The van der Waals surface area contributed by atoms with Gasteiger partial charge in [-0.1, -0.05) is 6.92 Å². The number of nitrogens with zero attached hydrogens (tertiary/aromatic N) is 1. The number of aliphatic hydroxyl groups excluding tert-OH is 1. The molecule has 0 aliphatic carbocycles. The maximum atomic E-state index is 12.1. The second-order valence-electron chi connectivity index (χ2n) is 4.20. The number of ketones is 1. The van der Waals surface area contributed by atoms with Crippen molar-refractivity contribution in [3.8, 4) is 0 Å². The van der Waals surface area contributed by atoms with Gasteiger partial charge in [-0.3, -0.25) is 9.69 Å². The van der Waals surface area contributed by atoms with Crippen LogP contribution >= 0.6 is 11.3 Å². The number of aliphatic hydroxyl groups is 1. The molecule has 0 saturated heterocycles. The summed E-state index contributed by atoms with van der Waals surface area (Å²) in [6.07, 6.45) is 0.725. The Morgan fingerprint density at radius 1 is 1.47 bits per heavy atom. The fraction of sp³-hybridized carbons (Fsp3) is 0.615. The van der Waals surface area contributed by atoms with E-state index in [4.69, 9.17) is 5.11 Å². The molecule has 1 heterocycles. The van der Waals surface area contributed by atoms with Gasteiger partial charge in [0, 0.05) is 28.5 Å². The van der Waals surface area contributed by atoms with Crippen LogP contribution in [0.5, 0.6) is 0 Å². The summed E-state index contributed by atoms with van der Waals surface area (Å²) in [6.45, 7) is 8.31. The molecule has 4 heteroatoms. The Balaban J connectivity index is 2.61. The second-order valence-corrected chi connectivity index (χ2v) is 5.66. The Morgan fingerprint density at radius 3 is 2.65 bits per heavy atom. The molecule has 0 atom stereocenters. The van der Waals surface area contributed by atoms with E-state index < -0.39 is 0 Å². The summed E-state index contributed by atoms with van der Waals surface area (Å²) in [5.74, 6) is 0.187. The molecule has 0 amide bonds. The van der Waals surface area contributed by atoms with Crippen LogP contribution in [-0.4, -0.2) is 42.0 Å². The number of aryl methyl sites for hydroxylation is 2. The van der Waals surface area contributed by atoms with Gasteiger partial charge in [-0.2, -0.15) is 0 Å². The Morgan fingerprint density at radius 2 is 2.18 bits per heavy atom. The lowest BCUT2D eigenvalue weighted by atomic mass is 10.1. The third-order valence-corrected chi connectivity index (χ3v) is 3.75. The number of carbonyl (C=O) groups is 1. The molecule has 0 saturated carbocycles. The van der Waals surface area contributed by atoms with Gasteiger partial charge in [0.15, 0.2) is 5.78 Å². The minimum absolute atomic E-state index is 0.182. The number of rotatable bonds is 7. The Bertz CT molecular complexity index is 373. The van der Waals surface area contributed by atoms with E-state index in [1.807, 2.05) is 26.8 Å². The molecule has 1 aromatic heterocycles. The largest absolute Gasteiger partial charge is 0.396 e. The third kappa shape index (κ3) is 4.22. The third-order valence-electron chi connectivity index (χ3n) is 2.79. The Kier molecular flexibility index (Phi) is 5.82. The number of carbonyl (C=O) groups excluding carboxylic acids is 1. The summed E-state index contributed by atoms with van der Waals surface area (Å²) in [5, 5.41) is 8.80. The highest BCUT2D eigenvalue weighted by molar-refractivity contribution is 7.12. The summed E-state index contributed by atoms with van der Waals surface area (Å²) >= 11 is 1.67. The highest BCUT2D eigenvalue weighted by atomic mass is 32.1. The normalized spacial score (nSPS) is 11.1. The molecule has 0 spiro atoms. The van der Waals surface area contributed by atoms with Crippen molar-refractivity contribution >= 4 is 17.1 Å². The molecular weight excluding hydrogens is 234 g/mol. The molecule has 0 aliphatic heterocycles. The molecule has 0 aliphatic rings. The van der Waals surface area contributed by atoms with E-state index in [9.17, 15) is 4.79 Å². The molecular formula is C13H21NO2S. The quantitative estimate of drug-likeness (QED) is 0.760. The maximum absolute atomic E-state index is 12.1. The number of likely N-dealkylation sites (N-methyl/N-ethyl adjacent to an activating group) is 1. The number of hydrogen-bond acceptors (Lipinski definition) is 4. The summed E-state index contributed by atoms with van der Waals surface area (Å²) in [6, 6.07) is 1.97. The molecule has 0 unspecified atom stereocenters. The van der Waals surface area contributed by atoms with Crippen molar-refractivity contribution in [1.29, 1.82) is 0 Å². The van der Waals surface area contributed by atoms with E-state index in [1.165, 1.54) is 4.88 Å². The van der Waals surface area contributed by atoms with Crippen molar-refractivity contribution in [2.45, 2.75) is 27.2 Å². The van der Waals surface area contributed by atoms with Gasteiger partial charge in [-0.25, -0.2) is 0 Å². The van der Waals surface area contributed by atoms with Crippen molar-refractivity contribution < 1.29 is 9.90 Å². The van der Waals surface area contributed by atoms with Crippen LogP contribution in [0.15, 0.2) is 6.07 Å². The predicted octanol–water partition coefficient (Wildman–Crippen LogP) is 2.25. The lowest BCUT2D eigenvalue weighted by Gasteiger charge is -2.18. The highest BCUT2D eigenvalue weighted by Crippen LogP contribution is 2.21. The van der Waals surface area contributed by atoms with Crippen LogP contribution < -0.4 is 0 Å². The minimum Gasteiger partial charge on any atom is -0.396 e. The van der Waals surface area contributed by atoms with Gasteiger partial charge in [0.05, 0.1) is 6.54 Å². The van der Waals surface area contributed by atoms with Gasteiger partial charge in [0.2, 0.25) is 0 Å². The van der Waals surface area contributed by atoms with Gasteiger partial charge in [-0.15, -0.1) is 11.3 Å². The smallest absolute Gasteiger partial charge is 0.177 e. The Labute approximate surface area is 107 Å². The first-order chi connectivity index (χ1) is 8.08. The van der Waals surface area contributed by atoms with Crippen molar-refractivity contribution in [1.82, 2.24) is 4.90 Å². The average molecular weight is 255 g/mol. The molecule has 96 valence electrons. The number of Topliss-reactive ketones (excluding diaryl/α,β-unsaturated/α-hetero) is 1. The summed E-state index contributed by atoms with van der Waals surface area (Å²) in [5.41, 5.74) is 0.856. The molecule has 0 bridgehead atoms. The van der Waals surface area contributed by atoms with Crippen LogP contribution in [0.2, 0.25) is 0 Å². The molecule has 1 N–H and O–H groups in total. The zero-order valence-corrected chi connectivity index (χ0v) is 11.6. The Hall–Kier alpha value is -0.710. The van der Waals surface area contributed by atoms with Crippen LogP contribution in [0.1, 0.15) is 33.5 Å². The lowest BCUT2D eigenvalue weighted by molar-refractivity contribution is 0.0928. The van der Waals surface area contributed by atoms with Crippen molar-refractivity contribution in [2.75, 3.05) is 26.2 Å². The van der Waals surface area contributed by atoms with E-state index in [1.54, 1.807) is 11.3 Å². The van der Waals surface area contributed by atoms with Crippen LogP contribution in [0.3, 0.4) is 0 Å². The molecule has 1 rings (SSSR count). The van der Waals surface area contributed by atoms with Gasteiger partial charge < -0.3 is 5.11 Å². The fourth-order valence-electron chi connectivity index (χ4n) is 1.84. The van der Waals surface area contributed by atoms with Crippen LogP contribution in [0.25, 0.3) is 0 Å². The number of thiophene rings is 1. The lowest BCUT2D eigenvalue weighted by Crippen LogP contribution is -2.31. The van der Waals surface area contributed by atoms with E-state index in [0.29, 0.717) is 6.54 Å². The van der Waals surface area contributed by atoms with E-state index in [2.05, 4.69) is 4.90 Å². The van der Waals surface area contributed by atoms with Crippen LogP contribution in [-0.2, 0) is 0 Å².